The van der Waals surface area contributed by atoms with Crippen molar-refractivity contribution in [2.24, 2.45) is 0 Å². The highest BCUT2D eigenvalue weighted by Gasteiger charge is 2.12. The van der Waals surface area contributed by atoms with Gasteiger partial charge in [0.1, 0.15) is 12.4 Å². The van der Waals surface area contributed by atoms with Crippen LogP contribution in [0.2, 0.25) is 0 Å². The predicted octanol–water partition coefficient (Wildman–Crippen LogP) is 3.68. The van der Waals surface area contributed by atoms with E-state index in [1.807, 2.05) is 49.4 Å². The lowest BCUT2D eigenvalue weighted by Crippen LogP contribution is -2.26. The van der Waals surface area contributed by atoms with E-state index >= 15 is 0 Å². The maximum absolute atomic E-state index is 12.4. The van der Waals surface area contributed by atoms with Gasteiger partial charge < -0.3 is 10.1 Å². The van der Waals surface area contributed by atoms with Crippen molar-refractivity contribution in [3.05, 3.63) is 95.6 Å². The molecule has 0 saturated heterocycles. The van der Waals surface area contributed by atoms with Gasteiger partial charge in [-0.2, -0.15) is 0 Å². The lowest BCUT2D eigenvalue weighted by Gasteiger charge is -2.10. The van der Waals surface area contributed by atoms with E-state index < -0.39 is 10.0 Å². The molecule has 5 nitrogen and oxygen atoms in total. The summed E-state index contributed by atoms with van der Waals surface area (Å²) in [6.45, 7) is 4.38. The van der Waals surface area contributed by atoms with Gasteiger partial charge in [-0.3, -0.25) is 0 Å². The summed E-state index contributed by atoms with van der Waals surface area (Å²) in [5, 5.41) is 3.35. The fourth-order valence-corrected chi connectivity index (χ4v) is 4.02. The third-order valence-corrected chi connectivity index (χ3v) is 6.13. The molecule has 0 aromatic heterocycles. The van der Waals surface area contributed by atoms with Crippen molar-refractivity contribution in [1.29, 1.82) is 0 Å². The van der Waals surface area contributed by atoms with Crippen LogP contribution in [0.25, 0.3) is 0 Å². The van der Waals surface area contributed by atoms with Crippen molar-refractivity contribution < 1.29 is 13.2 Å². The molecule has 30 heavy (non-hydrogen) atoms. The molecular formula is C24H28N2O3S. The SMILES string of the molecule is Cc1ccc(S(=O)(=O)NCCc2cccc(OCCNCc3ccccc3)c2)cc1. The van der Waals surface area contributed by atoms with E-state index in [0.29, 0.717) is 19.6 Å². The minimum Gasteiger partial charge on any atom is -0.492 e. The van der Waals surface area contributed by atoms with Gasteiger partial charge in [-0.1, -0.05) is 60.2 Å². The van der Waals surface area contributed by atoms with Crippen LogP contribution in [0.4, 0.5) is 0 Å². The summed E-state index contributed by atoms with van der Waals surface area (Å²) in [6, 6.07) is 24.8. The largest absolute Gasteiger partial charge is 0.492 e. The molecule has 158 valence electrons. The van der Waals surface area contributed by atoms with Crippen molar-refractivity contribution >= 4 is 10.0 Å². The number of nitrogens with one attached hydrogen (secondary N) is 2. The average molecular weight is 425 g/mol. The van der Waals surface area contributed by atoms with E-state index in [4.69, 9.17) is 4.74 Å². The van der Waals surface area contributed by atoms with Crippen molar-refractivity contribution in [2.75, 3.05) is 19.7 Å². The molecule has 6 heteroatoms. The third-order valence-electron chi connectivity index (χ3n) is 4.66. The Morgan fingerprint density at radius 3 is 2.33 bits per heavy atom. The minimum absolute atomic E-state index is 0.285. The van der Waals surface area contributed by atoms with Crippen LogP contribution in [0, 0.1) is 6.92 Å². The van der Waals surface area contributed by atoms with Crippen molar-refractivity contribution in [1.82, 2.24) is 10.0 Å². The second kappa shape index (κ2) is 10.9. The summed E-state index contributed by atoms with van der Waals surface area (Å²) >= 11 is 0. The van der Waals surface area contributed by atoms with Crippen LogP contribution >= 0.6 is 0 Å². The van der Waals surface area contributed by atoms with E-state index in [-0.39, 0.29) is 4.90 Å². The van der Waals surface area contributed by atoms with E-state index in [1.54, 1.807) is 24.3 Å². The summed E-state index contributed by atoms with van der Waals surface area (Å²) in [5.74, 6) is 0.787. The topological polar surface area (TPSA) is 67.4 Å². The molecule has 0 radical (unpaired) electrons. The molecule has 3 rings (SSSR count). The fourth-order valence-electron chi connectivity index (χ4n) is 2.99. The number of sulfonamides is 1. The Morgan fingerprint density at radius 1 is 0.833 bits per heavy atom. The summed E-state index contributed by atoms with van der Waals surface area (Å²) in [7, 11) is -3.49. The molecule has 2 N–H and O–H groups in total. The highest BCUT2D eigenvalue weighted by atomic mass is 32.2. The Morgan fingerprint density at radius 2 is 1.57 bits per heavy atom. The van der Waals surface area contributed by atoms with E-state index in [2.05, 4.69) is 22.2 Å². The molecule has 0 aliphatic heterocycles. The van der Waals surface area contributed by atoms with Crippen LogP contribution < -0.4 is 14.8 Å². The molecule has 3 aromatic rings. The Labute approximate surface area is 179 Å². The lowest BCUT2D eigenvalue weighted by molar-refractivity contribution is 0.313. The first-order chi connectivity index (χ1) is 14.5. The monoisotopic (exact) mass is 424 g/mol. The van der Waals surface area contributed by atoms with Crippen LogP contribution in [0.5, 0.6) is 5.75 Å². The van der Waals surface area contributed by atoms with Gasteiger partial charge in [0, 0.05) is 19.6 Å². The first-order valence-corrected chi connectivity index (χ1v) is 11.5. The number of hydrogen-bond acceptors (Lipinski definition) is 4. The van der Waals surface area contributed by atoms with Gasteiger partial charge in [0.05, 0.1) is 4.90 Å². The van der Waals surface area contributed by atoms with Gasteiger partial charge in [-0.15, -0.1) is 0 Å². The van der Waals surface area contributed by atoms with E-state index in [1.165, 1.54) is 5.56 Å². The molecule has 0 heterocycles. The second-order valence-corrected chi connectivity index (χ2v) is 8.89. The van der Waals surface area contributed by atoms with Crippen molar-refractivity contribution in [3.8, 4) is 5.75 Å². The zero-order valence-electron chi connectivity index (χ0n) is 17.2. The van der Waals surface area contributed by atoms with Gasteiger partial charge in [-0.25, -0.2) is 13.1 Å². The second-order valence-electron chi connectivity index (χ2n) is 7.12. The van der Waals surface area contributed by atoms with Gasteiger partial charge in [0.25, 0.3) is 0 Å². The summed E-state index contributed by atoms with van der Waals surface area (Å²) in [6.07, 6.45) is 0.592. The van der Waals surface area contributed by atoms with Crippen LogP contribution in [0.15, 0.2) is 83.8 Å². The highest BCUT2D eigenvalue weighted by Crippen LogP contribution is 2.14. The highest BCUT2D eigenvalue weighted by molar-refractivity contribution is 7.89. The Kier molecular flexibility index (Phi) is 8.02. The first-order valence-electron chi connectivity index (χ1n) is 10.1. The van der Waals surface area contributed by atoms with Crippen LogP contribution in [-0.2, 0) is 23.0 Å². The molecule has 0 amide bonds. The minimum atomic E-state index is -3.49. The quantitative estimate of drug-likeness (QED) is 0.461. The Balaban J connectivity index is 1.41. The number of rotatable bonds is 11. The first kappa shape index (κ1) is 22.0. The number of hydrogen-bond donors (Lipinski definition) is 2. The molecule has 0 atom stereocenters. The van der Waals surface area contributed by atoms with Crippen molar-refractivity contribution in [3.63, 3.8) is 0 Å². The van der Waals surface area contributed by atoms with Crippen LogP contribution in [0.1, 0.15) is 16.7 Å². The maximum Gasteiger partial charge on any atom is 0.240 e. The molecule has 0 aliphatic rings. The smallest absolute Gasteiger partial charge is 0.240 e. The molecule has 0 bridgehead atoms. The van der Waals surface area contributed by atoms with Crippen LogP contribution in [-0.4, -0.2) is 28.1 Å². The number of benzene rings is 3. The molecule has 0 spiro atoms. The van der Waals surface area contributed by atoms with E-state index in [9.17, 15) is 8.42 Å². The molecular weight excluding hydrogens is 396 g/mol. The zero-order valence-corrected chi connectivity index (χ0v) is 18.0. The Hall–Kier alpha value is -2.67. The predicted molar refractivity (Wildman–Crippen MR) is 120 cm³/mol. The number of aryl methyl sites for hydroxylation is 1. The third kappa shape index (κ3) is 6.99. The van der Waals surface area contributed by atoms with Gasteiger partial charge in [-0.05, 0) is 48.7 Å². The molecule has 0 unspecified atom stereocenters. The molecule has 0 saturated carbocycles. The van der Waals surface area contributed by atoms with Gasteiger partial charge in [0.15, 0.2) is 0 Å². The zero-order chi connectivity index (χ0) is 21.2. The van der Waals surface area contributed by atoms with Gasteiger partial charge in [0.2, 0.25) is 10.0 Å². The summed E-state index contributed by atoms with van der Waals surface area (Å²) in [4.78, 5) is 0.285. The average Bonchev–Trinajstić information content (AvgIpc) is 2.75. The Bertz CT molecular complexity index is 1020. The van der Waals surface area contributed by atoms with Crippen LogP contribution in [0.3, 0.4) is 0 Å². The summed E-state index contributed by atoms with van der Waals surface area (Å²) in [5.41, 5.74) is 3.30. The fraction of sp³-hybridized carbons (Fsp3) is 0.250. The lowest BCUT2D eigenvalue weighted by atomic mass is 10.1. The van der Waals surface area contributed by atoms with Crippen molar-refractivity contribution in [2.45, 2.75) is 24.8 Å². The standard InChI is InChI=1S/C24H28N2O3S/c1-20-10-12-24(13-11-20)30(27,28)26-15-14-21-8-5-9-23(18-21)29-17-16-25-19-22-6-3-2-4-7-22/h2-13,18,25-26H,14-17,19H2,1H3. The van der Waals surface area contributed by atoms with E-state index in [0.717, 1.165) is 30.0 Å². The van der Waals surface area contributed by atoms with Gasteiger partial charge >= 0.3 is 0 Å². The molecule has 3 aromatic carbocycles. The molecule has 0 fully saturated rings. The summed E-state index contributed by atoms with van der Waals surface area (Å²) < 4.78 is 33.2. The normalized spacial score (nSPS) is 11.4. The molecule has 0 aliphatic carbocycles. The maximum atomic E-state index is 12.4. The number of ether oxygens (including phenoxy) is 1.